The van der Waals surface area contributed by atoms with Crippen LogP contribution in [0.25, 0.3) is 10.9 Å². The van der Waals surface area contributed by atoms with E-state index < -0.39 is 0 Å². The van der Waals surface area contributed by atoms with Crippen molar-refractivity contribution in [1.82, 2.24) is 14.9 Å². The molecule has 28 heavy (non-hydrogen) atoms. The van der Waals surface area contributed by atoms with Gasteiger partial charge in [-0.3, -0.25) is 4.90 Å². The zero-order valence-electron chi connectivity index (χ0n) is 16.2. The van der Waals surface area contributed by atoms with Crippen molar-refractivity contribution in [3.8, 4) is 0 Å². The minimum Gasteiger partial charge on any atom is -0.373 e. The van der Waals surface area contributed by atoms with Crippen molar-refractivity contribution in [3.05, 3.63) is 65.7 Å². The first-order chi connectivity index (χ1) is 13.6. The number of aromatic nitrogens is 2. The molecule has 0 spiro atoms. The van der Waals surface area contributed by atoms with E-state index in [1.165, 1.54) is 18.0 Å². The van der Waals surface area contributed by atoms with Crippen molar-refractivity contribution in [1.29, 1.82) is 0 Å². The largest absolute Gasteiger partial charge is 0.373 e. The molecule has 3 aromatic rings. The number of hydrogen-bond acceptors (Lipinski definition) is 5. The van der Waals surface area contributed by atoms with Gasteiger partial charge in [0.15, 0.2) is 0 Å². The summed E-state index contributed by atoms with van der Waals surface area (Å²) in [6, 6.07) is 13.5. The fourth-order valence-electron chi connectivity index (χ4n) is 3.81. The topological polar surface area (TPSA) is 50.3 Å². The number of nitrogens with zero attached hydrogens (tertiary/aromatic N) is 3. The summed E-state index contributed by atoms with van der Waals surface area (Å²) >= 11 is 0. The Kier molecular flexibility index (Phi) is 5.50. The van der Waals surface area contributed by atoms with Crippen LogP contribution < -0.4 is 5.32 Å². The van der Waals surface area contributed by atoms with Crippen molar-refractivity contribution >= 4 is 16.7 Å². The molecule has 4 rings (SSSR count). The SMILES string of the molecule is CC1CN(Cc2ccc(CNc3ncnc4c(F)cccc34)cc2)CC(C)O1. The first-order valence-corrected chi connectivity index (χ1v) is 9.67. The minimum atomic E-state index is -0.334. The number of para-hydroxylation sites is 1. The number of morpholine rings is 1. The summed E-state index contributed by atoms with van der Waals surface area (Å²) in [4.78, 5) is 10.7. The molecule has 146 valence electrons. The Bertz CT molecular complexity index is 937. The molecule has 1 N–H and O–H groups in total. The number of ether oxygens (including phenoxy) is 1. The lowest BCUT2D eigenvalue weighted by atomic mass is 10.1. The Morgan fingerprint density at radius 2 is 1.75 bits per heavy atom. The zero-order chi connectivity index (χ0) is 19.5. The maximum Gasteiger partial charge on any atom is 0.149 e. The molecule has 0 radical (unpaired) electrons. The monoisotopic (exact) mass is 380 g/mol. The standard InChI is InChI=1S/C22H25FN4O/c1-15-11-27(12-16(2)28-15)13-18-8-6-17(7-9-18)10-24-22-19-4-3-5-20(23)21(19)25-14-26-22/h3-9,14-16H,10-13H2,1-2H3,(H,24,25,26). The Hall–Kier alpha value is -2.57. The van der Waals surface area contributed by atoms with Crippen LogP contribution in [0.2, 0.25) is 0 Å². The van der Waals surface area contributed by atoms with Crippen LogP contribution in [0, 0.1) is 5.82 Å². The van der Waals surface area contributed by atoms with Gasteiger partial charge >= 0.3 is 0 Å². The first-order valence-electron chi connectivity index (χ1n) is 9.67. The van der Waals surface area contributed by atoms with E-state index in [1.54, 1.807) is 6.07 Å². The van der Waals surface area contributed by atoms with Gasteiger partial charge in [-0.05, 0) is 37.1 Å². The first kappa shape index (κ1) is 18.8. The van der Waals surface area contributed by atoms with E-state index in [9.17, 15) is 4.39 Å². The van der Waals surface area contributed by atoms with E-state index in [1.807, 2.05) is 6.07 Å². The fourth-order valence-corrected chi connectivity index (χ4v) is 3.81. The summed E-state index contributed by atoms with van der Waals surface area (Å²) < 4.78 is 19.7. The van der Waals surface area contributed by atoms with Crippen LogP contribution in [0.3, 0.4) is 0 Å². The molecule has 0 saturated carbocycles. The molecule has 1 aromatic heterocycles. The number of rotatable bonds is 5. The van der Waals surface area contributed by atoms with E-state index in [2.05, 4.69) is 58.3 Å². The summed E-state index contributed by atoms with van der Waals surface area (Å²) in [7, 11) is 0. The predicted molar refractivity (Wildman–Crippen MR) is 109 cm³/mol. The third kappa shape index (κ3) is 4.29. The van der Waals surface area contributed by atoms with E-state index in [0.717, 1.165) is 25.2 Å². The molecule has 0 aliphatic carbocycles. The molecule has 1 saturated heterocycles. The third-order valence-electron chi connectivity index (χ3n) is 5.00. The average Bonchev–Trinajstić information content (AvgIpc) is 2.67. The summed E-state index contributed by atoms with van der Waals surface area (Å²) in [6.45, 7) is 7.73. The summed E-state index contributed by atoms with van der Waals surface area (Å²) in [5.41, 5.74) is 2.78. The van der Waals surface area contributed by atoms with E-state index in [4.69, 9.17) is 4.74 Å². The average molecular weight is 380 g/mol. The van der Waals surface area contributed by atoms with Gasteiger partial charge in [-0.25, -0.2) is 14.4 Å². The molecule has 5 nitrogen and oxygen atoms in total. The van der Waals surface area contributed by atoms with Gasteiger partial charge in [0.25, 0.3) is 0 Å². The van der Waals surface area contributed by atoms with Crippen LogP contribution in [0.15, 0.2) is 48.8 Å². The number of benzene rings is 2. The number of anilines is 1. The van der Waals surface area contributed by atoms with Gasteiger partial charge in [-0.15, -0.1) is 0 Å². The molecule has 2 atom stereocenters. The smallest absolute Gasteiger partial charge is 0.149 e. The molecular weight excluding hydrogens is 355 g/mol. The summed E-state index contributed by atoms with van der Waals surface area (Å²) in [5, 5.41) is 3.99. The van der Waals surface area contributed by atoms with E-state index in [0.29, 0.717) is 23.3 Å². The minimum absolute atomic E-state index is 0.278. The maximum absolute atomic E-state index is 13.9. The van der Waals surface area contributed by atoms with Gasteiger partial charge in [0.1, 0.15) is 23.5 Å². The highest BCUT2D eigenvalue weighted by molar-refractivity contribution is 5.89. The molecular formula is C22H25FN4O. The summed E-state index contributed by atoms with van der Waals surface area (Å²) in [5.74, 6) is 0.309. The van der Waals surface area contributed by atoms with Gasteiger partial charge < -0.3 is 10.1 Å². The molecule has 1 aliphatic heterocycles. The quantitative estimate of drug-likeness (QED) is 0.725. The van der Waals surface area contributed by atoms with Gasteiger partial charge in [-0.2, -0.15) is 0 Å². The van der Waals surface area contributed by atoms with Crippen molar-refractivity contribution in [2.75, 3.05) is 18.4 Å². The fraction of sp³-hybridized carbons (Fsp3) is 0.364. The van der Waals surface area contributed by atoms with Gasteiger partial charge in [0, 0.05) is 31.6 Å². The highest BCUT2D eigenvalue weighted by Crippen LogP contribution is 2.22. The second-order valence-electron chi connectivity index (χ2n) is 7.48. The van der Waals surface area contributed by atoms with Crippen LogP contribution in [0.1, 0.15) is 25.0 Å². The van der Waals surface area contributed by atoms with Crippen molar-refractivity contribution in [3.63, 3.8) is 0 Å². The van der Waals surface area contributed by atoms with Crippen LogP contribution >= 0.6 is 0 Å². The van der Waals surface area contributed by atoms with Crippen molar-refractivity contribution in [2.24, 2.45) is 0 Å². The van der Waals surface area contributed by atoms with E-state index >= 15 is 0 Å². The normalized spacial score (nSPS) is 20.4. The van der Waals surface area contributed by atoms with Crippen molar-refractivity contribution < 1.29 is 9.13 Å². The number of nitrogens with one attached hydrogen (secondary N) is 1. The maximum atomic E-state index is 13.9. The van der Waals surface area contributed by atoms with Crippen LogP contribution in [-0.2, 0) is 17.8 Å². The predicted octanol–water partition coefficient (Wildman–Crippen LogP) is 3.99. The highest BCUT2D eigenvalue weighted by Gasteiger charge is 2.21. The number of halogens is 1. The van der Waals surface area contributed by atoms with Gasteiger partial charge in [0.2, 0.25) is 0 Å². The van der Waals surface area contributed by atoms with Crippen LogP contribution in [0.5, 0.6) is 0 Å². The summed E-state index contributed by atoms with van der Waals surface area (Å²) in [6.07, 6.45) is 1.95. The molecule has 1 fully saturated rings. The van der Waals surface area contributed by atoms with Gasteiger partial charge in [-0.1, -0.05) is 30.3 Å². The van der Waals surface area contributed by atoms with E-state index in [-0.39, 0.29) is 18.0 Å². The second kappa shape index (κ2) is 8.20. The molecule has 6 heteroatoms. The molecule has 2 aromatic carbocycles. The Labute approximate surface area is 164 Å². The number of fused-ring (bicyclic) bond motifs is 1. The van der Waals surface area contributed by atoms with Crippen LogP contribution in [-0.4, -0.2) is 40.2 Å². The Morgan fingerprint density at radius 1 is 1.04 bits per heavy atom. The molecule has 2 unspecified atom stereocenters. The zero-order valence-corrected chi connectivity index (χ0v) is 16.2. The van der Waals surface area contributed by atoms with Crippen molar-refractivity contribution in [2.45, 2.75) is 39.1 Å². The molecule has 0 bridgehead atoms. The lowest BCUT2D eigenvalue weighted by Crippen LogP contribution is -2.44. The Balaban J connectivity index is 1.40. The molecule has 0 amide bonds. The Morgan fingerprint density at radius 3 is 2.50 bits per heavy atom. The lowest BCUT2D eigenvalue weighted by Gasteiger charge is -2.35. The number of hydrogen-bond donors (Lipinski definition) is 1. The van der Waals surface area contributed by atoms with Gasteiger partial charge in [0.05, 0.1) is 12.2 Å². The van der Waals surface area contributed by atoms with Crippen LogP contribution in [0.4, 0.5) is 10.2 Å². The highest BCUT2D eigenvalue weighted by atomic mass is 19.1. The molecule has 1 aliphatic rings. The third-order valence-corrected chi connectivity index (χ3v) is 5.00. The lowest BCUT2D eigenvalue weighted by molar-refractivity contribution is -0.0704. The second-order valence-corrected chi connectivity index (χ2v) is 7.48. The molecule has 2 heterocycles.